The second-order valence-electron chi connectivity index (χ2n) is 4.26. The standard InChI is InChI=1S/C14H22N2O3/c1-4-5-10(9-15)16-14(17)12-7-6-11(18-2)8-13(12)19-3/h6-8,10H,4-5,9,15H2,1-3H3,(H,16,17). The van der Waals surface area contributed by atoms with Crippen LogP contribution in [0.25, 0.3) is 0 Å². The van der Waals surface area contributed by atoms with Crippen molar-refractivity contribution in [3.63, 3.8) is 0 Å². The summed E-state index contributed by atoms with van der Waals surface area (Å²) in [6.45, 7) is 2.49. The molecule has 0 radical (unpaired) electrons. The summed E-state index contributed by atoms with van der Waals surface area (Å²) in [5, 5.41) is 2.91. The summed E-state index contributed by atoms with van der Waals surface area (Å²) in [6, 6.07) is 5.09. The lowest BCUT2D eigenvalue weighted by molar-refractivity contribution is 0.0933. The van der Waals surface area contributed by atoms with Gasteiger partial charge in [-0.3, -0.25) is 4.79 Å². The van der Waals surface area contributed by atoms with Crippen molar-refractivity contribution >= 4 is 5.91 Å². The van der Waals surface area contributed by atoms with Crippen LogP contribution in [0.2, 0.25) is 0 Å². The Morgan fingerprint density at radius 3 is 2.63 bits per heavy atom. The average molecular weight is 266 g/mol. The van der Waals surface area contributed by atoms with Gasteiger partial charge in [-0.2, -0.15) is 0 Å². The molecule has 0 saturated heterocycles. The summed E-state index contributed by atoms with van der Waals surface area (Å²) < 4.78 is 10.3. The second-order valence-corrected chi connectivity index (χ2v) is 4.26. The van der Waals surface area contributed by atoms with Crippen LogP contribution in [-0.4, -0.2) is 32.7 Å². The molecule has 0 heterocycles. The molecule has 0 aliphatic rings. The van der Waals surface area contributed by atoms with Gasteiger partial charge in [0.1, 0.15) is 11.5 Å². The molecule has 0 aliphatic heterocycles. The van der Waals surface area contributed by atoms with E-state index in [4.69, 9.17) is 15.2 Å². The maximum Gasteiger partial charge on any atom is 0.255 e. The lowest BCUT2D eigenvalue weighted by Crippen LogP contribution is -2.40. The molecule has 19 heavy (non-hydrogen) atoms. The molecule has 5 heteroatoms. The molecule has 1 atom stereocenters. The minimum absolute atomic E-state index is 0.00990. The van der Waals surface area contributed by atoms with Crippen LogP contribution in [0.4, 0.5) is 0 Å². The van der Waals surface area contributed by atoms with Crippen LogP contribution < -0.4 is 20.5 Å². The minimum Gasteiger partial charge on any atom is -0.497 e. The fourth-order valence-electron chi connectivity index (χ4n) is 1.85. The smallest absolute Gasteiger partial charge is 0.255 e. The monoisotopic (exact) mass is 266 g/mol. The molecule has 0 bridgehead atoms. The van der Waals surface area contributed by atoms with E-state index in [1.165, 1.54) is 7.11 Å². The van der Waals surface area contributed by atoms with Crippen molar-refractivity contribution in [3.05, 3.63) is 23.8 Å². The van der Waals surface area contributed by atoms with Crippen LogP contribution in [0, 0.1) is 0 Å². The SMILES string of the molecule is CCCC(CN)NC(=O)c1ccc(OC)cc1OC. The molecular weight excluding hydrogens is 244 g/mol. The van der Waals surface area contributed by atoms with Gasteiger partial charge in [-0.1, -0.05) is 13.3 Å². The molecule has 0 spiro atoms. The van der Waals surface area contributed by atoms with Gasteiger partial charge in [0, 0.05) is 18.7 Å². The molecule has 3 N–H and O–H groups in total. The van der Waals surface area contributed by atoms with E-state index in [9.17, 15) is 4.79 Å². The van der Waals surface area contributed by atoms with Gasteiger partial charge in [0.05, 0.1) is 19.8 Å². The van der Waals surface area contributed by atoms with Crippen molar-refractivity contribution in [1.82, 2.24) is 5.32 Å². The van der Waals surface area contributed by atoms with Crippen molar-refractivity contribution in [2.45, 2.75) is 25.8 Å². The Morgan fingerprint density at radius 1 is 1.37 bits per heavy atom. The number of rotatable bonds is 7. The number of nitrogens with one attached hydrogen (secondary N) is 1. The van der Waals surface area contributed by atoms with Crippen molar-refractivity contribution in [2.75, 3.05) is 20.8 Å². The highest BCUT2D eigenvalue weighted by Crippen LogP contribution is 2.24. The van der Waals surface area contributed by atoms with E-state index in [0.29, 0.717) is 23.6 Å². The highest BCUT2D eigenvalue weighted by atomic mass is 16.5. The zero-order chi connectivity index (χ0) is 14.3. The van der Waals surface area contributed by atoms with Gasteiger partial charge in [-0.15, -0.1) is 0 Å². The Bertz CT molecular complexity index is 421. The number of hydrogen-bond acceptors (Lipinski definition) is 4. The van der Waals surface area contributed by atoms with Crippen LogP contribution >= 0.6 is 0 Å². The lowest BCUT2D eigenvalue weighted by atomic mass is 10.1. The van der Waals surface area contributed by atoms with Crippen molar-refractivity contribution in [2.24, 2.45) is 5.73 Å². The third kappa shape index (κ3) is 4.13. The lowest BCUT2D eigenvalue weighted by Gasteiger charge is -2.17. The Hall–Kier alpha value is -1.75. The van der Waals surface area contributed by atoms with E-state index in [2.05, 4.69) is 12.2 Å². The first kappa shape index (κ1) is 15.3. The molecule has 1 rings (SSSR count). The highest BCUT2D eigenvalue weighted by molar-refractivity contribution is 5.97. The molecule has 1 amide bonds. The maximum absolute atomic E-state index is 12.2. The van der Waals surface area contributed by atoms with Gasteiger partial charge in [0.2, 0.25) is 0 Å². The second kappa shape index (κ2) is 7.63. The molecule has 5 nitrogen and oxygen atoms in total. The number of carbonyl (C=O) groups is 1. The average Bonchev–Trinajstić information content (AvgIpc) is 2.45. The van der Waals surface area contributed by atoms with Gasteiger partial charge >= 0.3 is 0 Å². The summed E-state index contributed by atoms with van der Waals surface area (Å²) in [5.41, 5.74) is 6.12. The predicted molar refractivity (Wildman–Crippen MR) is 74.8 cm³/mol. The Morgan fingerprint density at radius 2 is 2.11 bits per heavy atom. The molecule has 1 aromatic rings. The van der Waals surface area contributed by atoms with Crippen LogP contribution in [0.15, 0.2) is 18.2 Å². The van der Waals surface area contributed by atoms with Gasteiger partial charge < -0.3 is 20.5 Å². The van der Waals surface area contributed by atoms with E-state index in [1.54, 1.807) is 25.3 Å². The summed E-state index contributed by atoms with van der Waals surface area (Å²) in [5.74, 6) is 0.963. The Kier molecular flexibility index (Phi) is 6.15. The van der Waals surface area contributed by atoms with Gasteiger partial charge in [-0.05, 0) is 18.6 Å². The molecule has 0 aliphatic carbocycles. The normalized spacial score (nSPS) is 11.8. The topological polar surface area (TPSA) is 73.6 Å². The highest BCUT2D eigenvalue weighted by Gasteiger charge is 2.16. The van der Waals surface area contributed by atoms with Crippen molar-refractivity contribution < 1.29 is 14.3 Å². The number of methoxy groups -OCH3 is 2. The fourth-order valence-corrected chi connectivity index (χ4v) is 1.85. The zero-order valence-electron chi connectivity index (χ0n) is 11.7. The summed E-state index contributed by atoms with van der Waals surface area (Å²) in [7, 11) is 3.10. The molecule has 0 fully saturated rings. The third-order valence-corrected chi connectivity index (χ3v) is 2.91. The number of benzene rings is 1. The van der Waals surface area contributed by atoms with Gasteiger partial charge in [0.15, 0.2) is 0 Å². The molecule has 1 unspecified atom stereocenters. The van der Waals surface area contributed by atoms with Crippen LogP contribution in [0.1, 0.15) is 30.1 Å². The summed E-state index contributed by atoms with van der Waals surface area (Å²) in [4.78, 5) is 12.2. The minimum atomic E-state index is -0.177. The van der Waals surface area contributed by atoms with E-state index in [-0.39, 0.29) is 11.9 Å². The fraction of sp³-hybridized carbons (Fsp3) is 0.500. The largest absolute Gasteiger partial charge is 0.497 e. The Balaban J connectivity index is 2.86. The molecule has 106 valence electrons. The first-order valence-electron chi connectivity index (χ1n) is 6.39. The van der Waals surface area contributed by atoms with E-state index >= 15 is 0 Å². The Labute approximate surface area is 114 Å². The first-order chi connectivity index (χ1) is 9.15. The number of carbonyl (C=O) groups excluding carboxylic acids is 1. The molecule has 0 aromatic heterocycles. The summed E-state index contributed by atoms with van der Waals surface area (Å²) >= 11 is 0. The van der Waals surface area contributed by atoms with E-state index in [0.717, 1.165) is 12.8 Å². The number of nitrogens with two attached hydrogens (primary N) is 1. The molecular formula is C14H22N2O3. The van der Waals surface area contributed by atoms with Crippen molar-refractivity contribution in [1.29, 1.82) is 0 Å². The predicted octanol–water partition coefficient (Wildman–Crippen LogP) is 1.56. The molecule has 1 aromatic carbocycles. The third-order valence-electron chi connectivity index (χ3n) is 2.91. The van der Waals surface area contributed by atoms with E-state index in [1.807, 2.05) is 0 Å². The number of hydrogen-bond donors (Lipinski definition) is 2. The van der Waals surface area contributed by atoms with Crippen LogP contribution in [0.3, 0.4) is 0 Å². The number of amides is 1. The number of ether oxygens (including phenoxy) is 2. The van der Waals surface area contributed by atoms with Crippen LogP contribution in [-0.2, 0) is 0 Å². The quantitative estimate of drug-likeness (QED) is 0.785. The van der Waals surface area contributed by atoms with Crippen molar-refractivity contribution in [3.8, 4) is 11.5 Å². The zero-order valence-corrected chi connectivity index (χ0v) is 11.7. The molecule has 0 saturated carbocycles. The van der Waals surface area contributed by atoms with Gasteiger partial charge in [-0.25, -0.2) is 0 Å². The van der Waals surface area contributed by atoms with E-state index < -0.39 is 0 Å². The van der Waals surface area contributed by atoms with Gasteiger partial charge in [0.25, 0.3) is 5.91 Å². The summed E-state index contributed by atoms with van der Waals surface area (Å²) in [6.07, 6.45) is 1.84. The first-order valence-corrected chi connectivity index (χ1v) is 6.39. The maximum atomic E-state index is 12.2. The van der Waals surface area contributed by atoms with Crippen LogP contribution in [0.5, 0.6) is 11.5 Å².